The third-order valence-corrected chi connectivity index (χ3v) is 5.47. The highest BCUT2D eigenvalue weighted by atomic mass is 32.2. The summed E-state index contributed by atoms with van der Waals surface area (Å²) in [7, 11) is 0. The number of para-hydroxylation sites is 1. The van der Waals surface area contributed by atoms with E-state index in [1.54, 1.807) is 24.3 Å². The number of hydrogen-bond acceptors (Lipinski definition) is 5. The maximum atomic E-state index is 13.6. The van der Waals surface area contributed by atoms with Gasteiger partial charge in [-0.3, -0.25) is 14.5 Å². The monoisotopic (exact) mass is 430 g/mol. The van der Waals surface area contributed by atoms with Gasteiger partial charge in [0.1, 0.15) is 12.1 Å². The van der Waals surface area contributed by atoms with Gasteiger partial charge in [-0.2, -0.15) is 5.26 Å². The fraction of sp³-hybridized carbons (Fsp3) is 0.200. The second kappa shape index (κ2) is 8.51. The number of halogens is 2. The summed E-state index contributed by atoms with van der Waals surface area (Å²) in [5, 5.41) is 13.8. The van der Waals surface area contributed by atoms with Crippen molar-refractivity contribution in [2.24, 2.45) is 0 Å². The Labute approximate surface area is 175 Å². The second-order valence-electron chi connectivity index (χ2n) is 6.57. The third kappa shape index (κ3) is 4.11. The Morgan fingerprint density at radius 3 is 2.67 bits per heavy atom. The minimum absolute atomic E-state index is 0.0564. The van der Waals surface area contributed by atoms with E-state index in [9.17, 15) is 23.2 Å². The van der Waals surface area contributed by atoms with Crippen LogP contribution in [0.1, 0.15) is 12.5 Å². The molecule has 0 aromatic heterocycles. The molecule has 0 spiro atoms. The first-order valence-electron chi connectivity index (χ1n) is 8.74. The Balaban J connectivity index is 1.75. The molecule has 0 radical (unpaired) electrons. The highest BCUT2D eigenvalue weighted by Crippen LogP contribution is 2.30. The Kier molecular flexibility index (Phi) is 6.03. The van der Waals surface area contributed by atoms with Gasteiger partial charge in [0.15, 0.2) is 11.6 Å². The Hall–Kier alpha value is -3.45. The predicted molar refractivity (Wildman–Crippen MR) is 105 cm³/mol. The molecule has 2 aromatic rings. The Morgan fingerprint density at radius 1 is 1.23 bits per heavy atom. The molecule has 1 atom stereocenters. The van der Waals surface area contributed by atoms with Crippen molar-refractivity contribution in [3.8, 4) is 6.07 Å². The molecule has 2 N–H and O–H groups in total. The Morgan fingerprint density at radius 2 is 1.97 bits per heavy atom. The van der Waals surface area contributed by atoms with Crippen molar-refractivity contribution in [1.29, 1.82) is 5.26 Å². The fourth-order valence-corrected chi connectivity index (χ4v) is 3.65. The molecule has 1 unspecified atom stereocenters. The van der Waals surface area contributed by atoms with Crippen molar-refractivity contribution in [3.63, 3.8) is 0 Å². The second-order valence-corrected chi connectivity index (χ2v) is 7.58. The van der Waals surface area contributed by atoms with Crippen LogP contribution in [0.25, 0.3) is 0 Å². The van der Waals surface area contributed by atoms with E-state index in [1.807, 2.05) is 6.07 Å². The number of urea groups is 1. The number of thioether (sulfide) groups is 1. The van der Waals surface area contributed by atoms with Gasteiger partial charge in [0.25, 0.3) is 5.91 Å². The molecule has 1 fully saturated rings. The zero-order valence-corrected chi connectivity index (χ0v) is 16.6. The number of amides is 4. The van der Waals surface area contributed by atoms with E-state index in [2.05, 4.69) is 10.6 Å². The number of imide groups is 1. The molecule has 154 valence electrons. The number of hydrogen-bond donors (Lipinski definition) is 2. The van der Waals surface area contributed by atoms with Gasteiger partial charge in [-0.05, 0) is 36.8 Å². The van der Waals surface area contributed by atoms with E-state index in [0.29, 0.717) is 15.5 Å². The first-order valence-corrected chi connectivity index (χ1v) is 9.73. The minimum Gasteiger partial charge on any atom is -0.324 e. The zero-order valence-electron chi connectivity index (χ0n) is 15.7. The molecule has 1 aliphatic heterocycles. The van der Waals surface area contributed by atoms with Gasteiger partial charge in [-0.25, -0.2) is 13.6 Å². The van der Waals surface area contributed by atoms with Gasteiger partial charge in [-0.1, -0.05) is 18.2 Å². The van der Waals surface area contributed by atoms with Crippen LogP contribution in [-0.2, 0) is 15.1 Å². The van der Waals surface area contributed by atoms with Crippen molar-refractivity contribution in [1.82, 2.24) is 10.2 Å². The van der Waals surface area contributed by atoms with E-state index in [-0.39, 0.29) is 11.3 Å². The highest BCUT2D eigenvalue weighted by molar-refractivity contribution is 7.99. The molecule has 30 heavy (non-hydrogen) atoms. The molecule has 3 rings (SSSR count). The highest BCUT2D eigenvalue weighted by Gasteiger charge is 2.49. The van der Waals surface area contributed by atoms with Gasteiger partial charge in [-0.15, -0.1) is 11.8 Å². The lowest BCUT2D eigenvalue weighted by Gasteiger charge is -2.22. The van der Waals surface area contributed by atoms with Crippen molar-refractivity contribution >= 4 is 35.3 Å². The number of carbonyl (C=O) groups excluding carboxylic acids is 3. The largest absolute Gasteiger partial charge is 0.325 e. The number of nitrogens with zero attached hydrogens (tertiary/aromatic N) is 2. The zero-order chi connectivity index (χ0) is 21.9. The van der Waals surface area contributed by atoms with E-state index >= 15 is 0 Å². The van der Waals surface area contributed by atoms with Crippen molar-refractivity contribution in [3.05, 3.63) is 59.7 Å². The molecule has 0 aliphatic carbocycles. The van der Waals surface area contributed by atoms with Gasteiger partial charge < -0.3 is 10.6 Å². The van der Waals surface area contributed by atoms with Crippen molar-refractivity contribution < 1.29 is 23.2 Å². The average molecular weight is 430 g/mol. The van der Waals surface area contributed by atoms with Crippen LogP contribution in [0.3, 0.4) is 0 Å². The quantitative estimate of drug-likeness (QED) is 0.542. The lowest BCUT2D eigenvalue weighted by molar-refractivity contribution is -0.133. The number of rotatable bonds is 6. The van der Waals surface area contributed by atoms with Crippen LogP contribution in [0, 0.1) is 23.0 Å². The lowest BCUT2D eigenvalue weighted by atomic mass is 9.92. The molecule has 1 aliphatic rings. The number of anilines is 1. The normalized spacial score (nSPS) is 18.1. The first kappa shape index (κ1) is 21.3. The van der Waals surface area contributed by atoms with Gasteiger partial charge in [0, 0.05) is 4.90 Å². The van der Waals surface area contributed by atoms with Crippen LogP contribution >= 0.6 is 11.8 Å². The van der Waals surface area contributed by atoms with Crippen LogP contribution < -0.4 is 10.6 Å². The number of carbonyl (C=O) groups is 3. The standard InChI is InChI=1S/C20H16F2N4O3S/c1-20(12-6-7-13(21)14(22)10-12)18(28)26(19(29)25-20)11-17(27)24-15-4-2-3-5-16(15)30-9-8-23/h2-7,10H,9,11H2,1H3,(H,24,27)(H,25,29). The predicted octanol–water partition coefficient (Wildman–Crippen LogP) is 2.99. The number of nitrogens with one attached hydrogen (secondary N) is 2. The van der Waals surface area contributed by atoms with E-state index < -0.39 is 41.6 Å². The Bertz CT molecular complexity index is 1070. The van der Waals surface area contributed by atoms with E-state index in [0.717, 1.165) is 12.1 Å². The van der Waals surface area contributed by atoms with Crippen LogP contribution in [-0.4, -0.2) is 35.0 Å². The summed E-state index contributed by atoms with van der Waals surface area (Å²) in [6.45, 7) is 0.785. The molecular formula is C20H16F2N4O3S. The number of nitriles is 1. The third-order valence-electron chi connectivity index (χ3n) is 4.53. The summed E-state index contributed by atoms with van der Waals surface area (Å²) < 4.78 is 26.8. The van der Waals surface area contributed by atoms with Crippen LogP contribution in [0.2, 0.25) is 0 Å². The SMILES string of the molecule is CC1(c2ccc(F)c(F)c2)NC(=O)N(CC(=O)Nc2ccccc2SCC#N)C1=O. The summed E-state index contributed by atoms with van der Waals surface area (Å²) in [4.78, 5) is 39.0. The molecule has 7 nitrogen and oxygen atoms in total. The van der Waals surface area contributed by atoms with Crippen LogP contribution in [0.4, 0.5) is 19.3 Å². The van der Waals surface area contributed by atoms with Crippen LogP contribution in [0.15, 0.2) is 47.4 Å². The van der Waals surface area contributed by atoms with E-state index in [4.69, 9.17) is 5.26 Å². The molecular weight excluding hydrogens is 414 g/mol. The van der Waals surface area contributed by atoms with Crippen LogP contribution in [0.5, 0.6) is 0 Å². The van der Waals surface area contributed by atoms with Gasteiger partial charge >= 0.3 is 6.03 Å². The smallest absolute Gasteiger partial charge is 0.324 e. The first-order chi connectivity index (χ1) is 14.3. The summed E-state index contributed by atoms with van der Waals surface area (Å²) in [6.07, 6.45) is 0. The topological polar surface area (TPSA) is 102 Å². The van der Waals surface area contributed by atoms with Crippen molar-refractivity contribution in [2.45, 2.75) is 17.4 Å². The average Bonchev–Trinajstić information content (AvgIpc) is 2.93. The van der Waals surface area contributed by atoms with E-state index in [1.165, 1.54) is 24.8 Å². The van der Waals surface area contributed by atoms with Crippen molar-refractivity contribution in [2.75, 3.05) is 17.6 Å². The molecule has 0 saturated carbocycles. The number of benzene rings is 2. The minimum atomic E-state index is -1.63. The molecule has 1 heterocycles. The maximum absolute atomic E-state index is 13.6. The molecule has 4 amide bonds. The lowest BCUT2D eigenvalue weighted by Crippen LogP contribution is -2.42. The molecule has 2 aromatic carbocycles. The molecule has 0 bridgehead atoms. The van der Waals surface area contributed by atoms with Gasteiger partial charge in [0.05, 0.1) is 17.5 Å². The maximum Gasteiger partial charge on any atom is 0.325 e. The molecule has 1 saturated heterocycles. The summed E-state index contributed by atoms with van der Waals surface area (Å²) >= 11 is 1.23. The summed E-state index contributed by atoms with van der Waals surface area (Å²) in [6, 6.07) is 10.9. The summed E-state index contributed by atoms with van der Waals surface area (Å²) in [5.74, 6) is -3.44. The summed E-state index contributed by atoms with van der Waals surface area (Å²) in [5.41, 5.74) is -1.13. The molecule has 10 heteroatoms. The van der Waals surface area contributed by atoms with Gasteiger partial charge in [0.2, 0.25) is 5.91 Å². The fourth-order valence-electron chi connectivity index (χ4n) is 2.98.